The van der Waals surface area contributed by atoms with Crippen LogP contribution in [0.25, 0.3) is 44.5 Å². The van der Waals surface area contributed by atoms with E-state index in [1.54, 1.807) is 0 Å². The van der Waals surface area contributed by atoms with Gasteiger partial charge in [-0.3, -0.25) is 4.99 Å². The van der Waals surface area contributed by atoms with Gasteiger partial charge in [0.1, 0.15) is 5.84 Å². The molecule has 2 aliphatic rings. The molecule has 0 radical (unpaired) electrons. The number of fused-ring (bicyclic) bond motifs is 3. The molecule has 1 aliphatic heterocycles. The van der Waals surface area contributed by atoms with Crippen LogP contribution >= 0.6 is 0 Å². The second-order valence-electron chi connectivity index (χ2n) is 12.7. The zero-order valence-corrected chi connectivity index (χ0v) is 27.4. The van der Waals surface area contributed by atoms with Crippen LogP contribution in [0.4, 0.5) is 0 Å². The van der Waals surface area contributed by atoms with Crippen LogP contribution in [0, 0.1) is 6.92 Å². The number of aliphatic imine (C=N–C) groups is 1. The lowest BCUT2D eigenvalue weighted by molar-refractivity contribution is 0.880. The van der Waals surface area contributed by atoms with Crippen LogP contribution in [0.2, 0.25) is 0 Å². The lowest BCUT2D eigenvalue weighted by atomic mass is 9.86. The Labute approximate surface area is 283 Å². The molecule has 0 aromatic heterocycles. The molecule has 2 heteroatoms. The van der Waals surface area contributed by atoms with Crippen molar-refractivity contribution in [1.82, 2.24) is 5.32 Å². The van der Waals surface area contributed by atoms with E-state index in [-0.39, 0.29) is 6.04 Å². The van der Waals surface area contributed by atoms with Crippen LogP contribution in [0.3, 0.4) is 0 Å². The maximum absolute atomic E-state index is 5.31. The molecular formula is C46H38N2. The number of amidine groups is 1. The van der Waals surface area contributed by atoms with Crippen LogP contribution in [0.5, 0.6) is 0 Å². The molecule has 6 aromatic rings. The third kappa shape index (κ3) is 5.50. The van der Waals surface area contributed by atoms with Gasteiger partial charge in [0.2, 0.25) is 0 Å². The van der Waals surface area contributed by atoms with Crippen LogP contribution in [0.1, 0.15) is 64.8 Å². The molecule has 0 fully saturated rings. The lowest BCUT2D eigenvalue weighted by Crippen LogP contribution is -2.28. The molecule has 1 atom stereocenters. The molecule has 1 unspecified atom stereocenters. The highest BCUT2D eigenvalue weighted by Crippen LogP contribution is 2.38. The van der Waals surface area contributed by atoms with E-state index in [0.717, 1.165) is 35.5 Å². The first-order valence-corrected chi connectivity index (χ1v) is 16.9. The van der Waals surface area contributed by atoms with Crippen molar-refractivity contribution < 1.29 is 0 Å². The van der Waals surface area contributed by atoms with Gasteiger partial charge in [-0.25, -0.2) is 0 Å². The molecule has 0 saturated heterocycles. The monoisotopic (exact) mass is 618 g/mol. The van der Waals surface area contributed by atoms with E-state index < -0.39 is 0 Å². The Morgan fingerprint density at radius 1 is 0.688 bits per heavy atom. The maximum atomic E-state index is 5.31. The first-order chi connectivity index (χ1) is 23.7. The number of hydrogen-bond donors (Lipinski definition) is 1. The molecule has 0 spiro atoms. The average molecular weight is 619 g/mol. The Bertz CT molecular complexity index is 2320. The summed E-state index contributed by atoms with van der Waals surface area (Å²) in [5.41, 5.74) is 12.3. The lowest BCUT2D eigenvalue weighted by Gasteiger charge is -2.25. The van der Waals surface area contributed by atoms with Crippen molar-refractivity contribution in [3.63, 3.8) is 0 Å². The zero-order valence-electron chi connectivity index (χ0n) is 27.4. The van der Waals surface area contributed by atoms with Gasteiger partial charge in [0.15, 0.2) is 0 Å². The summed E-state index contributed by atoms with van der Waals surface area (Å²) in [6.45, 7) is 4.36. The number of nitrogens with one attached hydrogen (secondary N) is 1. The summed E-state index contributed by atoms with van der Waals surface area (Å²) in [6.07, 6.45) is 13.4. The van der Waals surface area contributed by atoms with Crippen molar-refractivity contribution >= 4 is 50.3 Å². The summed E-state index contributed by atoms with van der Waals surface area (Å²) in [5.74, 6) is 0.905. The van der Waals surface area contributed by atoms with E-state index in [9.17, 15) is 0 Å². The summed E-state index contributed by atoms with van der Waals surface area (Å²) in [5, 5.41) is 8.96. The van der Waals surface area contributed by atoms with E-state index >= 15 is 0 Å². The average Bonchev–Trinajstić information content (AvgIpc) is 3.17. The molecule has 1 heterocycles. The number of nitrogens with zero attached hydrogens (tertiary/aromatic N) is 1. The molecule has 1 aliphatic carbocycles. The fourth-order valence-electron chi connectivity index (χ4n) is 7.32. The predicted molar refractivity (Wildman–Crippen MR) is 206 cm³/mol. The summed E-state index contributed by atoms with van der Waals surface area (Å²) >= 11 is 0. The summed E-state index contributed by atoms with van der Waals surface area (Å²) < 4.78 is 0. The molecule has 6 aromatic carbocycles. The molecule has 48 heavy (non-hydrogen) atoms. The van der Waals surface area contributed by atoms with E-state index in [1.165, 1.54) is 60.5 Å². The Balaban J connectivity index is 1.21. The number of aryl methyl sites for hydroxylation is 1. The maximum Gasteiger partial charge on any atom is 0.134 e. The number of benzene rings is 6. The van der Waals surface area contributed by atoms with Gasteiger partial charge >= 0.3 is 0 Å². The van der Waals surface area contributed by atoms with Crippen LogP contribution in [-0.4, -0.2) is 5.84 Å². The minimum Gasteiger partial charge on any atom is -0.340 e. The van der Waals surface area contributed by atoms with Gasteiger partial charge in [-0.1, -0.05) is 146 Å². The fourth-order valence-corrected chi connectivity index (χ4v) is 7.32. The normalized spacial score (nSPS) is 16.3. The van der Waals surface area contributed by atoms with E-state index in [1.807, 2.05) is 0 Å². The van der Waals surface area contributed by atoms with Gasteiger partial charge < -0.3 is 5.32 Å². The number of rotatable bonds is 6. The van der Waals surface area contributed by atoms with Gasteiger partial charge in [-0.05, 0) is 105 Å². The van der Waals surface area contributed by atoms with E-state index in [4.69, 9.17) is 4.99 Å². The molecule has 1 N–H and O–H groups in total. The van der Waals surface area contributed by atoms with E-state index in [0.29, 0.717) is 0 Å². The van der Waals surface area contributed by atoms with Gasteiger partial charge in [0.05, 0.1) is 6.04 Å². The molecule has 8 rings (SSSR count). The Hall–Kier alpha value is -5.73. The zero-order chi connectivity index (χ0) is 32.5. The van der Waals surface area contributed by atoms with Crippen molar-refractivity contribution in [2.24, 2.45) is 4.99 Å². The van der Waals surface area contributed by atoms with Crippen LogP contribution in [-0.2, 0) is 0 Å². The largest absolute Gasteiger partial charge is 0.340 e. The Kier molecular flexibility index (Phi) is 7.92. The van der Waals surface area contributed by atoms with Crippen molar-refractivity contribution in [3.8, 4) is 0 Å². The third-order valence-corrected chi connectivity index (χ3v) is 9.71. The highest BCUT2D eigenvalue weighted by Gasteiger charge is 2.22. The standard InChI is InChI=1S/C46H38N2/c1-3-15-37-31(2)38-22-10-12-24-40(38)41-27-26-35(29-43(37)41)34-20-14-21-36(28-34)39-23-11-13-25-42(39)46-47-44(32-16-6-4-7-17-32)30-45(48-46)33-18-8-5-9-19-33/h3-13,15-20,22-30,44H,14,21H2,1-2H3,(H,47,48). The van der Waals surface area contributed by atoms with Gasteiger partial charge in [-0.2, -0.15) is 0 Å². The molecular weight excluding hydrogens is 581 g/mol. The smallest absolute Gasteiger partial charge is 0.134 e. The first-order valence-electron chi connectivity index (χ1n) is 16.9. The third-order valence-electron chi connectivity index (χ3n) is 9.71. The molecule has 232 valence electrons. The van der Waals surface area contributed by atoms with Crippen molar-refractivity contribution in [2.45, 2.75) is 32.7 Å². The summed E-state index contributed by atoms with van der Waals surface area (Å²) in [4.78, 5) is 5.31. The van der Waals surface area contributed by atoms with Crippen molar-refractivity contribution in [2.75, 3.05) is 0 Å². The quantitative estimate of drug-likeness (QED) is 0.185. The fraction of sp³-hybridized carbons (Fsp3) is 0.109. The van der Waals surface area contributed by atoms with E-state index in [2.05, 4.69) is 177 Å². The van der Waals surface area contributed by atoms with Crippen molar-refractivity contribution in [3.05, 3.63) is 191 Å². The number of allylic oxidation sites excluding steroid dienone is 5. The molecule has 2 nitrogen and oxygen atoms in total. The minimum atomic E-state index is -0.0787. The second kappa shape index (κ2) is 12.8. The van der Waals surface area contributed by atoms with Crippen LogP contribution < -0.4 is 5.32 Å². The van der Waals surface area contributed by atoms with Gasteiger partial charge in [-0.15, -0.1) is 0 Å². The predicted octanol–water partition coefficient (Wildman–Crippen LogP) is 11.7. The molecule has 0 amide bonds. The highest BCUT2D eigenvalue weighted by molar-refractivity contribution is 6.13. The van der Waals surface area contributed by atoms with Crippen molar-refractivity contribution in [1.29, 1.82) is 0 Å². The van der Waals surface area contributed by atoms with Gasteiger partial charge in [0, 0.05) is 11.3 Å². The summed E-state index contributed by atoms with van der Waals surface area (Å²) in [7, 11) is 0. The summed E-state index contributed by atoms with van der Waals surface area (Å²) in [6, 6.07) is 45.6. The Morgan fingerprint density at radius 3 is 2.17 bits per heavy atom. The Morgan fingerprint density at radius 2 is 1.38 bits per heavy atom. The topological polar surface area (TPSA) is 24.4 Å². The molecule has 0 saturated carbocycles. The second-order valence-corrected chi connectivity index (χ2v) is 12.7. The minimum absolute atomic E-state index is 0.0787. The number of hydrogen-bond acceptors (Lipinski definition) is 2. The molecule has 0 bridgehead atoms. The SMILES string of the molecule is CC=Cc1c(C)c2ccccc2c2ccc(C3=CCCC(c4ccccc4C4=NC(c5ccccc5)C=C(c5ccccc5)N4)=C3)cc12. The highest BCUT2D eigenvalue weighted by atomic mass is 15.0. The van der Waals surface area contributed by atoms with Gasteiger partial charge in [0.25, 0.3) is 0 Å². The van der Waals surface area contributed by atoms with Crippen LogP contribution in [0.15, 0.2) is 157 Å². The first kappa shape index (κ1) is 29.7.